The van der Waals surface area contributed by atoms with Gasteiger partial charge in [0.1, 0.15) is 12.4 Å². The second-order valence-electron chi connectivity index (χ2n) is 6.66. The zero-order chi connectivity index (χ0) is 18.2. The van der Waals surface area contributed by atoms with Gasteiger partial charge in [-0.15, -0.1) is 0 Å². The van der Waals surface area contributed by atoms with Crippen molar-refractivity contribution in [3.8, 4) is 5.75 Å². The molecule has 2 aromatic carbocycles. The molecule has 1 aliphatic rings. The van der Waals surface area contributed by atoms with Gasteiger partial charge in [-0.1, -0.05) is 42.5 Å². The van der Waals surface area contributed by atoms with Crippen LogP contribution in [-0.4, -0.2) is 48.9 Å². The predicted octanol–water partition coefficient (Wildman–Crippen LogP) is 3.44. The van der Waals surface area contributed by atoms with Crippen LogP contribution < -0.4 is 4.74 Å². The fraction of sp³-hybridized carbons (Fsp3) is 0.318. The molecule has 1 saturated heterocycles. The van der Waals surface area contributed by atoms with Crippen LogP contribution in [0.2, 0.25) is 0 Å². The van der Waals surface area contributed by atoms with Gasteiger partial charge in [-0.2, -0.15) is 0 Å². The van der Waals surface area contributed by atoms with Crippen molar-refractivity contribution in [1.29, 1.82) is 0 Å². The summed E-state index contributed by atoms with van der Waals surface area (Å²) in [5.41, 5.74) is 2.10. The Labute approximate surface area is 155 Å². The number of benzene rings is 2. The van der Waals surface area contributed by atoms with E-state index in [1.54, 1.807) is 6.08 Å². The van der Waals surface area contributed by atoms with E-state index in [9.17, 15) is 4.79 Å². The van der Waals surface area contributed by atoms with Crippen molar-refractivity contribution in [1.82, 2.24) is 9.80 Å². The Bertz CT molecular complexity index is 743. The molecule has 0 aliphatic carbocycles. The number of amides is 1. The number of hydrogen-bond donors (Lipinski definition) is 0. The largest absolute Gasteiger partial charge is 0.489 e. The highest BCUT2D eigenvalue weighted by Crippen LogP contribution is 2.16. The molecule has 136 valence electrons. The number of rotatable bonds is 5. The van der Waals surface area contributed by atoms with E-state index in [1.165, 1.54) is 0 Å². The van der Waals surface area contributed by atoms with Gasteiger partial charge in [0.2, 0.25) is 5.91 Å². The van der Waals surface area contributed by atoms with E-state index in [0.29, 0.717) is 6.61 Å². The first-order chi connectivity index (χ1) is 12.7. The fourth-order valence-corrected chi connectivity index (χ4v) is 2.99. The topological polar surface area (TPSA) is 32.8 Å². The smallest absolute Gasteiger partial charge is 0.246 e. The second-order valence-corrected chi connectivity index (χ2v) is 6.66. The molecule has 0 aromatic heterocycles. The molecule has 4 heteroatoms. The summed E-state index contributed by atoms with van der Waals surface area (Å²) in [6.07, 6.45) is 4.56. The maximum atomic E-state index is 12.4. The maximum absolute atomic E-state index is 12.4. The SMILES string of the molecule is CN1CCCN(C(=O)/C=C/c2cccc(OCc3ccccc3)c2)CC1. The summed E-state index contributed by atoms with van der Waals surface area (Å²) in [6.45, 7) is 4.14. The molecule has 4 nitrogen and oxygen atoms in total. The lowest BCUT2D eigenvalue weighted by atomic mass is 10.2. The van der Waals surface area contributed by atoms with Gasteiger partial charge in [0, 0.05) is 25.7 Å². The monoisotopic (exact) mass is 350 g/mol. The summed E-state index contributed by atoms with van der Waals surface area (Å²) in [4.78, 5) is 16.6. The van der Waals surface area contributed by atoms with Crippen LogP contribution in [0, 0.1) is 0 Å². The van der Waals surface area contributed by atoms with Crippen molar-refractivity contribution in [3.63, 3.8) is 0 Å². The highest BCUT2D eigenvalue weighted by molar-refractivity contribution is 5.91. The first-order valence-corrected chi connectivity index (χ1v) is 9.13. The molecule has 1 heterocycles. The molecule has 0 saturated carbocycles. The standard InChI is InChI=1S/C22H26N2O2/c1-23-13-6-14-24(16-15-23)22(25)12-11-19-9-5-10-21(17-19)26-18-20-7-3-2-4-8-20/h2-5,7-12,17H,6,13-16,18H2,1H3/b12-11+. The van der Waals surface area contributed by atoms with E-state index in [-0.39, 0.29) is 5.91 Å². The normalized spacial score (nSPS) is 15.8. The average molecular weight is 350 g/mol. The molecule has 2 aromatic rings. The molecule has 1 aliphatic heterocycles. The Morgan fingerprint density at radius 2 is 1.88 bits per heavy atom. The van der Waals surface area contributed by atoms with Crippen LogP contribution in [0.5, 0.6) is 5.75 Å². The van der Waals surface area contributed by atoms with Crippen LogP contribution in [0.3, 0.4) is 0 Å². The number of ether oxygens (including phenoxy) is 1. The molecule has 1 amide bonds. The van der Waals surface area contributed by atoms with E-state index < -0.39 is 0 Å². The van der Waals surface area contributed by atoms with E-state index in [1.807, 2.05) is 65.6 Å². The highest BCUT2D eigenvalue weighted by atomic mass is 16.5. The minimum atomic E-state index is 0.0795. The number of likely N-dealkylation sites (N-methyl/N-ethyl adjacent to an activating group) is 1. The van der Waals surface area contributed by atoms with Crippen LogP contribution in [-0.2, 0) is 11.4 Å². The zero-order valence-corrected chi connectivity index (χ0v) is 15.3. The molecule has 0 bridgehead atoms. The van der Waals surface area contributed by atoms with Crippen LogP contribution in [0.1, 0.15) is 17.5 Å². The fourth-order valence-electron chi connectivity index (χ4n) is 2.99. The second kappa shape index (κ2) is 9.20. The first kappa shape index (κ1) is 18.2. The van der Waals surface area contributed by atoms with Crippen molar-refractivity contribution < 1.29 is 9.53 Å². The third kappa shape index (κ3) is 5.46. The number of carbonyl (C=O) groups excluding carboxylic acids is 1. The molecule has 0 spiro atoms. The molecule has 0 N–H and O–H groups in total. The van der Waals surface area contributed by atoms with Crippen molar-refractivity contribution in [2.75, 3.05) is 33.2 Å². The summed E-state index contributed by atoms with van der Waals surface area (Å²) in [6, 6.07) is 17.9. The average Bonchev–Trinajstić information content (AvgIpc) is 2.90. The van der Waals surface area contributed by atoms with Crippen LogP contribution in [0.4, 0.5) is 0 Å². The lowest BCUT2D eigenvalue weighted by molar-refractivity contribution is -0.125. The molecule has 0 unspecified atom stereocenters. The first-order valence-electron chi connectivity index (χ1n) is 9.13. The molecule has 1 fully saturated rings. The Kier molecular flexibility index (Phi) is 6.45. The quantitative estimate of drug-likeness (QED) is 0.775. The van der Waals surface area contributed by atoms with E-state index in [2.05, 4.69) is 11.9 Å². The zero-order valence-electron chi connectivity index (χ0n) is 15.3. The van der Waals surface area contributed by atoms with Gasteiger partial charge >= 0.3 is 0 Å². The predicted molar refractivity (Wildman–Crippen MR) is 105 cm³/mol. The summed E-state index contributed by atoms with van der Waals surface area (Å²) in [5.74, 6) is 0.885. The van der Waals surface area contributed by atoms with Gasteiger partial charge < -0.3 is 14.5 Å². The summed E-state index contributed by atoms with van der Waals surface area (Å²) >= 11 is 0. The Morgan fingerprint density at radius 1 is 1.04 bits per heavy atom. The Balaban J connectivity index is 1.57. The van der Waals surface area contributed by atoms with E-state index in [0.717, 1.165) is 49.5 Å². The number of nitrogens with zero attached hydrogens (tertiary/aromatic N) is 2. The minimum absolute atomic E-state index is 0.0795. The van der Waals surface area contributed by atoms with Crippen LogP contribution in [0.15, 0.2) is 60.7 Å². The number of hydrogen-bond acceptors (Lipinski definition) is 3. The Morgan fingerprint density at radius 3 is 2.73 bits per heavy atom. The van der Waals surface area contributed by atoms with Gasteiger partial charge in [-0.05, 0) is 49.3 Å². The molecule has 3 rings (SSSR count). The van der Waals surface area contributed by atoms with Gasteiger partial charge in [-0.25, -0.2) is 0 Å². The molecule has 26 heavy (non-hydrogen) atoms. The van der Waals surface area contributed by atoms with Gasteiger partial charge in [-0.3, -0.25) is 4.79 Å². The van der Waals surface area contributed by atoms with Crippen LogP contribution >= 0.6 is 0 Å². The molecule has 0 radical (unpaired) electrons. The maximum Gasteiger partial charge on any atom is 0.246 e. The summed E-state index contributed by atoms with van der Waals surface area (Å²) in [7, 11) is 2.10. The summed E-state index contributed by atoms with van der Waals surface area (Å²) < 4.78 is 5.85. The lowest BCUT2D eigenvalue weighted by Crippen LogP contribution is -2.33. The minimum Gasteiger partial charge on any atom is -0.489 e. The van der Waals surface area contributed by atoms with Crippen molar-refractivity contribution in [2.24, 2.45) is 0 Å². The third-order valence-electron chi connectivity index (χ3n) is 4.56. The number of carbonyl (C=O) groups is 1. The van der Waals surface area contributed by atoms with Gasteiger partial charge in [0.05, 0.1) is 0 Å². The highest BCUT2D eigenvalue weighted by Gasteiger charge is 2.15. The van der Waals surface area contributed by atoms with E-state index in [4.69, 9.17) is 4.74 Å². The van der Waals surface area contributed by atoms with Gasteiger partial charge in [0.25, 0.3) is 0 Å². The lowest BCUT2D eigenvalue weighted by Gasteiger charge is -2.18. The van der Waals surface area contributed by atoms with Crippen LogP contribution in [0.25, 0.3) is 6.08 Å². The van der Waals surface area contributed by atoms with Crippen molar-refractivity contribution in [2.45, 2.75) is 13.0 Å². The molecule has 0 atom stereocenters. The van der Waals surface area contributed by atoms with E-state index >= 15 is 0 Å². The third-order valence-corrected chi connectivity index (χ3v) is 4.56. The summed E-state index contributed by atoms with van der Waals surface area (Å²) in [5, 5.41) is 0. The Hall–Kier alpha value is -2.59. The van der Waals surface area contributed by atoms with Crippen molar-refractivity contribution >= 4 is 12.0 Å². The van der Waals surface area contributed by atoms with Crippen molar-refractivity contribution in [3.05, 3.63) is 71.8 Å². The van der Waals surface area contributed by atoms with Gasteiger partial charge in [0.15, 0.2) is 0 Å². The molecular formula is C22H26N2O2. The molecular weight excluding hydrogens is 324 g/mol.